The molecule has 0 saturated carbocycles. The van der Waals surface area contributed by atoms with Crippen molar-refractivity contribution in [2.45, 2.75) is 17.7 Å². The van der Waals surface area contributed by atoms with Crippen molar-refractivity contribution in [2.75, 3.05) is 32.0 Å². The van der Waals surface area contributed by atoms with Crippen molar-refractivity contribution in [3.05, 3.63) is 59.1 Å². The third kappa shape index (κ3) is 5.47. The molecule has 0 unspecified atom stereocenters. The number of likely N-dealkylation sites (N-methyl/N-ethyl adjacent to an activating group) is 1. The number of nitrogens with one attached hydrogen (secondary N) is 1. The van der Waals surface area contributed by atoms with E-state index in [1.54, 1.807) is 17.0 Å². The lowest BCUT2D eigenvalue weighted by atomic mass is 9.95. The van der Waals surface area contributed by atoms with Gasteiger partial charge in [-0.05, 0) is 49.2 Å². The second-order valence-electron chi connectivity index (χ2n) is 7.23. The summed E-state index contributed by atoms with van der Waals surface area (Å²) in [5, 5.41) is 2.90. The van der Waals surface area contributed by atoms with Crippen LogP contribution in [0.2, 0.25) is 0 Å². The Morgan fingerprint density at radius 1 is 1.07 bits per heavy atom. The van der Waals surface area contributed by atoms with Crippen molar-refractivity contribution >= 4 is 43.5 Å². The van der Waals surface area contributed by atoms with Crippen LogP contribution in [0.3, 0.4) is 0 Å². The standard InChI is InChI=1S/C21H24BrN3O4S/c1-24(30(28,29)19-9-7-17(22)8-10-19)15-20(26)25-13-11-16(12-14-25)21(27)23-18-5-3-2-4-6-18/h2-10,16H,11-15H2,1H3,(H,23,27). The van der Waals surface area contributed by atoms with Crippen molar-refractivity contribution < 1.29 is 18.0 Å². The van der Waals surface area contributed by atoms with E-state index >= 15 is 0 Å². The topological polar surface area (TPSA) is 86.8 Å². The quantitative estimate of drug-likeness (QED) is 0.669. The molecule has 1 heterocycles. The fourth-order valence-electron chi connectivity index (χ4n) is 3.32. The first kappa shape index (κ1) is 22.5. The summed E-state index contributed by atoms with van der Waals surface area (Å²) < 4.78 is 27.2. The summed E-state index contributed by atoms with van der Waals surface area (Å²) in [6.45, 7) is 0.620. The molecule has 1 aliphatic rings. The highest BCUT2D eigenvalue weighted by Gasteiger charge is 2.30. The summed E-state index contributed by atoms with van der Waals surface area (Å²) >= 11 is 3.28. The molecule has 1 fully saturated rings. The van der Waals surface area contributed by atoms with Crippen molar-refractivity contribution in [3.8, 4) is 0 Å². The van der Waals surface area contributed by atoms with E-state index in [9.17, 15) is 18.0 Å². The van der Waals surface area contributed by atoms with Crippen LogP contribution in [0.15, 0.2) is 64.0 Å². The maximum absolute atomic E-state index is 12.7. The van der Waals surface area contributed by atoms with E-state index in [1.807, 2.05) is 30.3 Å². The highest BCUT2D eigenvalue weighted by atomic mass is 79.9. The number of hydrogen-bond acceptors (Lipinski definition) is 4. The molecular weight excluding hydrogens is 470 g/mol. The lowest BCUT2D eigenvalue weighted by Crippen LogP contribution is -2.46. The maximum Gasteiger partial charge on any atom is 0.243 e. The average Bonchev–Trinajstić information content (AvgIpc) is 2.74. The van der Waals surface area contributed by atoms with Crippen LogP contribution in [0.25, 0.3) is 0 Å². The van der Waals surface area contributed by atoms with Crippen LogP contribution in [0.4, 0.5) is 5.69 Å². The van der Waals surface area contributed by atoms with Gasteiger partial charge in [-0.3, -0.25) is 9.59 Å². The van der Waals surface area contributed by atoms with Gasteiger partial charge in [-0.2, -0.15) is 4.31 Å². The number of halogens is 1. The average molecular weight is 494 g/mol. The van der Waals surface area contributed by atoms with Gasteiger partial charge in [0.15, 0.2) is 0 Å². The third-order valence-corrected chi connectivity index (χ3v) is 7.49. The van der Waals surface area contributed by atoms with E-state index in [0.29, 0.717) is 25.9 Å². The summed E-state index contributed by atoms with van der Waals surface area (Å²) in [6, 6.07) is 15.5. The van der Waals surface area contributed by atoms with Crippen LogP contribution < -0.4 is 5.32 Å². The molecule has 0 aromatic heterocycles. The van der Waals surface area contributed by atoms with E-state index in [2.05, 4.69) is 21.2 Å². The van der Waals surface area contributed by atoms with E-state index in [1.165, 1.54) is 19.2 Å². The Bertz CT molecular complexity index is 989. The van der Waals surface area contributed by atoms with Gasteiger partial charge >= 0.3 is 0 Å². The fourth-order valence-corrected chi connectivity index (χ4v) is 4.70. The van der Waals surface area contributed by atoms with Gasteiger partial charge in [-0.1, -0.05) is 34.1 Å². The Balaban J connectivity index is 1.52. The zero-order chi connectivity index (χ0) is 21.7. The molecule has 1 aliphatic heterocycles. The Morgan fingerprint density at radius 3 is 2.27 bits per heavy atom. The molecule has 160 valence electrons. The molecule has 0 spiro atoms. The highest BCUT2D eigenvalue weighted by Crippen LogP contribution is 2.21. The molecule has 0 atom stereocenters. The van der Waals surface area contributed by atoms with Crippen molar-refractivity contribution in [1.29, 1.82) is 0 Å². The minimum absolute atomic E-state index is 0.0526. The molecule has 7 nitrogen and oxygen atoms in total. The number of carbonyl (C=O) groups is 2. The van der Waals surface area contributed by atoms with E-state index in [-0.39, 0.29) is 29.2 Å². The van der Waals surface area contributed by atoms with Crippen LogP contribution in [0, 0.1) is 5.92 Å². The fraction of sp³-hybridized carbons (Fsp3) is 0.333. The molecule has 9 heteroatoms. The Labute approximate surface area is 185 Å². The SMILES string of the molecule is CN(CC(=O)N1CCC(C(=O)Nc2ccccc2)CC1)S(=O)(=O)c1ccc(Br)cc1. The molecule has 2 amide bonds. The monoisotopic (exact) mass is 493 g/mol. The number of sulfonamides is 1. The zero-order valence-electron chi connectivity index (χ0n) is 16.6. The first-order chi connectivity index (χ1) is 14.3. The van der Waals surface area contributed by atoms with E-state index in [4.69, 9.17) is 0 Å². The minimum Gasteiger partial charge on any atom is -0.342 e. The summed E-state index contributed by atoms with van der Waals surface area (Å²) in [6.07, 6.45) is 1.10. The largest absolute Gasteiger partial charge is 0.342 e. The molecule has 3 rings (SSSR count). The normalized spacial score (nSPS) is 15.2. The first-order valence-electron chi connectivity index (χ1n) is 9.63. The second kappa shape index (κ2) is 9.72. The smallest absolute Gasteiger partial charge is 0.243 e. The molecule has 2 aromatic rings. The van der Waals surface area contributed by atoms with Gasteiger partial charge in [-0.25, -0.2) is 8.42 Å². The number of amides is 2. The Morgan fingerprint density at radius 2 is 1.67 bits per heavy atom. The molecule has 2 aromatic carbocycles. The number of rotatable bonds is 6. The summed E-state index contributed by atoms with van der Waals surface area (Å²) in [4.78, 5) is 26.8. The second-order valence-corrected chi connectivity index (χ2v) is 10.2. The van der Waals surface area contributed by atoms with Gasteiger partial charge in [-0.15, -0.1) is 0 Å². The summed E-state index contributed by atoms with van der Waals surface area (Å²) in [5.74, 6) is -0.484. The Hall–Kier alpha value is -2.23. The van der Waals surface area contributed by atoms with E-state index < -0.39 is 10.0 Å². The Kier molecular flexibility index (Phi) is 7.27. The molecule has 1 saturated heterocycles. The molecule has 30 heavy (non-hydrogen) atoms. The number of nitrogens with zero attached hydrogens (tertiary/aromatic N) is 2. The third-order valence-electron chi connectivity index (χ3n) is 5.14. The van der Waals surface area contributed by atoms with Gasteiger partial charge in [0.05, 0.1) is 11.4 Å². The molecule has 1 N–H and O–H groups in total. The predicted octanol–water partition coefficient (Wildman–Crippen LogP) is 2.95. The van der Waals surface area contributed by atoms with Crippen molar-refractivity contribution in [2.24, 2.45) is 5.92 Å². The maximum atomic E-state index is 12.7. The number of anilines is 1. The predicted molar refractivity (Wildman–Crippen MR) is 118 cm³/mol. The number of hydrogen-bond donors (Lipinski definition) is 1. The highest BCUT2D eigenvalue weighted by molar-refractivity contribution is 9.10. The minimum atomic E-state index is -3.75. The van der Waals surface area contributed by atoms with Crippen molar-refractivity contribution in [3.63, 3.8) is 0 Å². The van der Waals surface area contributed by atoms with Crippen LogP contribution in [-0.2, 0) is 19.6 Å². The molecular formula is C21H24BrN3O4S. The number of likely N-dealkylation sites (tertiary alicyclic amines) is 1. The van der Waals surface area contributed by atoms with Gasteiger partial charge in [0.25, 0.3) is 0 Å². The lowest BCUT2D eigenvalue weighted by molar-refractivity contribution is -0.134. The number of benzene rings is 2. The molecule has 0 aliphatic carbocycles. The lowest BCUT2D eigenvalue weighted by Gasteiger charge is -2.32. The van der Waals surface area contributed by atoms with Crippen LogP contribution in [0.1, 0.15) is 12.8 Å². The van der Waals surface area contributed by atoms with Gasteiger partial charge in [0.1, 0.15) is 0 Å². The molecule has 0 radical (unpaired) electrons. The first-order valence-corrected chi connectivity index (χ1v) is 11.9. The number of para-hydroxylation sites is 1. The number of carbonyl (C=O) groups excluding carboxylic acids is 2. The van der Waals surface area contributed by atoms with Crippen LogP contribution >= 0.6 is 15.9 Å². The van der Waals surface area contributed by atoms with E-state index in [0.717, 1.165) is 14.5 Å². The van der Waals surface area contributed by atoms with Gasteiger partial charge in [0.2, 0.25) is 21.8 Å². The summed E-state index contributed by atoms with van der Waals surface area (Å²) in [5.41, 5.74) is 0.751. The molecule has 0 bridgehead atoms. The van der Waals surface area contributed by atoms with Crippen LogP contribution in [0.5, 0.6) is 0 Å². The van der Waals surface area contributed by atoms with Crippen molar-refractivity contribution in [1.82, 2.24) is 9.21 Å². The van der Waals surface area contributed by atoms with Gasteiger partial charge in [0, 0.05) is 36.2 Å². The zero-order valence-corrected chi connectivity index (χ0v) is 19.0. The number of piperidine rings is 1. The summed E-state index contributed by atoms with van der Waals surface area (Å²) in [7, 11) is -2.35. The van der Waals surface area contributed by atoms with Crippen LogP contribution in [-0.4, -0.2) is 56.1 Å². The van der Waals surface area contributed by atoms with Gasteiger partial charge < -0.3 is 10.2 Å².